The maximum atomic E-state index is 6.43. The summed E-state index contributed by atoms with van der Waals surface area (Å²) in [5.74, 6) is 2.50. The number of imidazole rings is 1. The summed E-state index contributed by atoms with van der Waals surface area (Å²) in [5.41, 5.74) is 9.54. The zero-order chi connectivity index (χ0) is 15.0. The van der Waals surface area contributed by atoms with E-state index in [1.165, 1.54) is 12.8 Å². The lowest BCUT2D eigenvalue weighted by atomic mass is 10.1. The fourth-order valence-corrected chi connectivity index (χ4v) is 2.87. The zero-order valence-electron chi connectivity index (χ0n) is 13.0. The molecule has 1 saturated carbocycles. The summed E-state index contributed by atoms with van der Waals surface area (Å²) >= 11 is 0. The van der Waals surface area contributed by atoms with Crippen LogP contribution in [0, 0.1) is 0 Å². The van der Waals surface area contributed by atoms with Crippen LogP contribution in [0.4, 0.5) is 5.82 Å². The number of methoxy groups -OCH3 is 1. The molecule has 1 fully saturated rings. The van der Waals surface area contributed by atoms with Gasteiger partial charge in [-0.3, -0.25) is 0 Å². The third-order valence-electron chi connectivity index (χ3n) is 4.01. The molecule has 21 heavy (non-hydrogen) atoms. The van der Waals surface area contributed by atoms with E-state index in [9.17, 15) is 0 Å². The highest BCUT2D eigenvalue weighted by atomic mass is 16.5. The molecule has 112 valence electrons. The Hall–Kier alpha value is -1.81. The number of benzene rings is 1. The number of nitrogens with zero attached hydrogens (tertiary/aromatic N) is 2. The Balaban J connectivity index is 2.13. The van der Waals surface area contributed by atoms with Gasteiger partial charge in [0.05, 0.1) is 6.61 Å². The van der Waals surface area contributed by atoms with Crippen molar-refractivity contribution in [1.82, 2.24) is 9.55 Å². The van der Waals surface area contributed by atoms with Crippen LogP contribution in [0.2, 0.25) is 0 Å². The van der Waals surface area contributed by atoms with E-state index in [1.807, 2.05) is 12.1 Å². The van der Waals surface area contributed by atoms with Crippen LogP contribution in [0.1, 0.15) is 50.0 Å². The first-order chi connectivity index (χ1) is 10.1. The molecule has 0 saturated heterocycles. The standard InChI is InChI=1S/C17H23N3O/c1-11(2)20-16(18)15(19-17(20)12-8-9-12)14-7-5-4-6-13(14)10-21-3/h4-7,11-12H,8-10,18H2,1-3H3. The molecule has 1 aliphatic carbocycles. The Morgan fingerprint density at radius 2 is 2.05 bits per heavy atom. The number of hydrogen-bond acceptors (Lipinski definition) is 3. The minimum atomic E-state index is 0.330. The number of rotatable bonds is 5. The molecule has 1 heterocycles. The zero-order valence-corrected chi connectivity index (χ0v) is 13.0. The van der Waals surface area contributed by atoms with Crippen LogP contribution < -0.4 is 5.73 Å². The van der Waals surface area contributed by atoms with Gasteiger partial charge in [-0.1, -0.05) is 24.3 Å². The van der Waals surface area contributed by atoms with Gasteiger partial charge in [-0.05, 0) is 32.3 Å². The first kappa shape index (κ1) is 14.1. The number of hydrogen-bond donors (Lipinski definition) is 1. The third-order valence-corrected chi connectivity index (χ3v) is 4.01. The summed E-state index contributed by atoms with van der Waals surface area (Å²) in [6, 6.07) is 8.53. The predicted octanol–water partition coefficient (Wildman–Crippen LogP) is 3.74. The second-order valence-electron chi connectivity index (χ2n) is 6.03. The van der Waals surface area contributed by atoms with Crippen molar-refractivity contribution < 1.29 is 4.74 Å². The second-order valence-corrected chi connectivity index (χ2v) is 6.03. The van der Waals surface area contributed by atoms with Crippen LogP contribution in [0.15, 0.2) is 24.3 Å². The van der Waals surface area contributed by atoms with Crippen LogP contribution >= 0.6 is 0 Å². The quantitative estimate of drug-likeness (QED) is 0.910. The SMILES string of the molecule is COCc1ccccc1-c1nc(C2CC2)n(C(C)C)c1N. The van der Waals surface area contributed by atoms with Crippen molar-refractivity contribution in [2.45, 2.75) is 45.3 Å². The first-order valence-electron chi connectivity index (χ1n) is 7.58. The Bertz CT molecular complexity index is 641. The summed E-state index contributed by atoms with van der Waals surface area (Å²) in [7, 11) is 1.71. The average Bonchev–Trinajstić information content (AvgIpc) is 3.23. The minimum Gasteiger partial charge on any atom is -0.383 e. The summed E-state index contributed by atoms with van der Waals surface area (Å²) in [4.78, 5) is 4.89. The Kier molecular flexibility index (Phi) is 3.72. The second kappa shape index (κ2) is 5.53. The Morgan fingerprint density at radius 1 is 1.33 bits per heavy atom. The van der Waals surface area contributed by atoms with Gasteiger partial charge in [0.2, 0.25) is 0 Å². The van der Waals surface area contributed by atoms with E-state index in [4.69, 9.17) is 15.5 Å². The van der Waals surface area contributed by atoms with Crippen LogP contribution in [0.5, 0.6) is 0 Å². The molecular weight excluding hydrogens is 262 g/mol. The molecule has 0 unspecified atom stereocenters. The predicted molar refractivity (Wildman–Crippen MR) is 85.1 cm³/mol. The van der Waals surface area contributed by atoms with Gasteiger partial charge in [0, 0.05) is 24.6 Å². The molecule has 4 heteroatoms. The maximum Gasteiger partial charge on any atom is 0.131 e. The van der Waals surface area contributed by atoms with Gasteiger partial charge >= 0.3 is 0 Å². The van der Waals surface area contributed by atoms with E-state index in [2.05, 4.69) is 30.5 Å². The van der Waals surface area contributed by atoms with Gasteiger partial charge in [0.15, 0.2) is 0 Å². The van der Waals surface area contributed by atoms with E-state index in [0.717, 1.165) is 28.5 Å². The lowest BCUT2D eigenvalue weighted by Gasteiger charge is -2.13. The monoisotopic (exact) mass is 285 g/mol. The van der Waals surface area contributed by atoms with E-state index in [-0.39, 0.29) is 0 Å². The number of nitrogens with two attached hydrogens (primary N) is 1. The number of aromatic nitrogens is 2. The molecule has 0 aliphatic heterocycles. The van der Waals surface area contributed by atoms with Gasteiger partial charge < -0.3 is 15.0 Å². The number of nitrogen functional groups attached to an aromatic ring is 1. The van der Waals surface area contributed by atoms with Gasteiger partial charge in [-0.2, -0.15) is 0 Å². The van der Waals surface area contributed by atoms with Gasteiger partial charge in [0.1, 0.15) is 17.3 Å². The normalized spacial score (nSPS) is 14.9. The summed E-state index contributed by atoms with van der Waals surface area (Å²) in [6.45, 7) is 4.90. The molecule has 0 atom stereocenters. The summed E-state index contributed by atoms with van der Waals surface area (Å²) in [5, 5.41) is 0. The molecule has 1 aromatic heterocycles. The van der Waals surface area contributed by atoms with Crippen molar-refractivity contribution in [1.29, 1.82) is 0 Å². The van der Waals surface area contributed by atoms with E-state index in [0.29, 0.717) is 18.6 Å². The van der Waals surface area contributed by atoms with Crippen molar-refractivity contribution >= 4 is 5.82 Å². The molecule has 2 N–H and O–H groups in total. The van der Waals surface area contributed by atoms with E-state index in [1.54, 1.807) is 7.11 Å². The van der Waals surface area contributed by atoms with Crippen molar-refractivity contribution in [2.75, 3.05) is 12.8 Å². The maximum absolute atomic E-state index is 6.43. The highest BCUT2D eigenvalue weighted by Gasteiger charge is 2.32. The lowest BCUT2D eigenvalue weighted by Crippen LogP contribution is -2.09. The Labute approximate surface area is 125 Å². The molecule has 2 aromatic rings. The van der Waals surface area contributed by atoms with Crippen molar-refractivity contribution in [3.63, 3.8) is 0 Å². The summed E-state index contributed by atoms with van der Waals surface area (Å²) in [6.07, 6.45) is 2.45. The van der Waals surface area contributed by atoms with E-state index >= 15 is 0 Å². The molecule has 0 bridgehead atoms. The number of ether oxygens (including phenoxy) is 1. The van der Waals surface area contributed by atoms with Gasteiger partial charge in [0.25, 0.3) is 0 Å². The summed E-state index contributed by atoms with van der Waals surface area (Å²) < 4.78 is 7.49. The molecule has 1 aromatic carbocycles. The van der Waals surface area contributed by atoms with Crippen molar-refractivity contribution in [2.24, 2.45) is 0 Å². The largest absolute Gasteiger partial charge is 0.383 e. The smallest absolute Gasteiger partial charge is 0.131 e. The van der Waals surface area contributed by atoms with Gasteiger partial charge in [-0.15, -0.1) is 0 Å². The fraction of sp³-hybridized carbons (Fsp3) is 0.471. The minimum absolute atomic E-state index is 0.330. The number of anilines is 1. The van der Waals surface area contributed by atoms with Crippen LogP contribution in [-0.4, -0.2) is 16.7 Å². The van der Waals surface area contributed by atoms with Crippen molar-refractivity contribution in [3.8, 4) is 11.3 Å². The van der Waals surface area contributed by atoms with Gasteiger partial charge in [-0.25, -0.2) is 4.98 Å². The highest BCUT2D eigenvalue weighted by molar-refractivity contribution is 5.74. The van der Waals surface area contributed by atoms with Crippen LogP contribution in [-0.2, 0) is 11.3 Å². The molecule has 0 amide bonds. The molecular formula is C17H23N3O. The molecule has 0 spiro atoms. The molecule has 4 nitrogen and oxygen atoms in total. The first-order valence-corrected chi connectivity index (χ1v) is 7.58. The molecule has 3 rings (SSSR count). The van der Waals surface area contributed by atoms with E-state index < -0.39 is 0 Å². The molecule has 0 radical (unpaired) electrons. The molecule has 1 aliphatic rings. The topological polar surface area (TPSA) is 53.1 Å². The lowest BCUT2D eigenvalue weighted by molar-refractivity contribution is 0.185. The Morgan fingerprint density at radius 3 is 2.67 bits per heavy atom. The third kappa shape index (κ3) is 2.56. The van der Waals surface area contributed by atoms with Crippen LogP contribution in [0.3, 0.4) is 0 Å². The fourth-order valence-electron chi connectivity index (χ4n) is 2.87. The van der Waals surface area contributed by atoms with Crippen LogP contribution in [0.25, 0.3) is 11.3 Å². The average molecular weight is 285 g/mol. The highest BCUT2D eigenvalue weighted by Crippen LogP contribution is 2.43. The van der Waals surface area contributed by atoms with Crippen molar-refractivity contribution in [3.05, 3.63) is 35.7 Å².